The number of carbonyl (C=O) groups is 2. The normalized spacial score (nSPS) is 21.8. The van der Waals surface area contributed by atoms with E-state index >= 15 is 0 Å². The largest absolute Gasteiger partial charge is 0.481 e. The van der Waals surface area contributed by atoms with Crippen LogP contribution in [-0.4, -0.2) is 41.6 Å². The minimum atomic E-state index is -0.803. The average molecular weight is 298 g/mol. The number of aliphatic carboxylic acids is 1. The fraction of sp³-hybridized carbons (Fsp3) is 0.875. The van der Waals surface area contributed by atoms with Crippen molar-refractivity contribution in [3.05, 3.63) is 0 Å². The van der Waals surface area contributed by atoms with Crippen molar-refractivity contribution >= 4 is 12.0 Å². The lowest BCUT2D eigenvalue weighted by molar-refractivity contribution is -0.142. The summed E-state index contributed by atoms with van der Waals surface area (Å²) in [4.78, 5) is 24.6. The van der Waals surface area contributed by atoms with Gasteiger partial charge < -0.3 is 15.3 Å². The smallest absolute Gasteiger partial charge is 0.317 e. The van der Waals surface area contributed by atoms with E-state index in [1.54, 1.807) is 4.90 Å². The molecule has 1 heterocycles. The lowest BCUT2D eigenvalue weighted by Crippen LogP contribution is -2.39. The van der Waals surface area contributed by atoms with Gasteiger partial charge in [0.25, 0.3) is 0 Å². The molecule has 2 unspecified atom stereocenters. The first-order chi connectivity index (χ1) is 9.91. The number of carboxylic acid groups (broad SMARTS) is 1. The lowest BCUT2D eigenvalue weighted by Gasteiger charge is -2.16. The first-order valence-electron chi connectivity index (χ1n) is 8.17. The van der Waals surface area contributed by atoms with Crippen molar-refractivity contribution in [3.63, 3.8) is 0 Å². The van der Waals surface area contributed by atoms with Crippen LogP contribution in [0.1, 0.15) is 52.9 Å². The average Bonchev–Trinajstić information content (AvgIpc) is 2.79. The number of amides is 2. The minimum absolute atomic E-state index is 0.0317. The fourth-order valence-electron chi connectivity index (χ4n) is 2.79. The number of unbranched alkanes of at least 4 members (excludes halogenated alkanes) is 3. The van der Waals surface area contributed by atoms with Crippen LogP contribution in [0.25, 0.3) is 0 Å². The summed E-state index contributed by atoms with van der Waals surface area (Å²) in [5.41, 5.74) is 0. The summed E-state index contributed by atoms with van der Waals surface area (Å²) in [6, 6.07) is -0.118. The molecule has 5 nitrogen and oxygen atoms in total. The summed E-state index contributed by atoms with van der Waals surface area (Å²) in [5, 5.41) is 12.0. The van der Waals surface area contributed by atoms with E-state index in [1.807, 2.05) is 6.92 Å². The summed E-state index contributed by atoms with van der Waals surface area (Å²) in [5.74, 6) is -0.428. The van der Waals surface area contributed by atoms with Gasteiger partial charge in [0, 0.05) is 19.6 Å². The Labute approximate surface area is 128 Å². The number of carbonyl (C=O) groups excluding carboxylic acids is 1. The molecule has 1 fully saturated rings. The van der Waals surface area contributed by atoms with E-state index in [0.29, 0.717) is 19.6 Å². The first kappa shape index (κ1) is 17.8. The van der Waals surface area contributed by atoms with Gasteiger partial charge in [-0.3, -0.25) is 4.79 Å². The molecule has 1 aliphatic rings. The summed E-state index contributed by atoms with van der Waals surface area (Å²) >= 11 is 0. The number of nitrogens with one attached hydrogen (secondary N) is 1. The van der Waals surface area contributed by atoms with Crippen molar-refractivity contribution in [3.8, 4) is 0 Å². The van der Waals surface area contributed by atoms with E-state index in [-0.39, 0.29) is 11.9 Å². The first-order valence-corrected chi connectivity index (χ1v) is 8.17. The van der Waals surface area contributed by atoms with Crippen molar-refractivity contribution in [1.82, 2.24) is 10.2 Å². The van der Waals surface area contributed by atoms with E-state index in [1.165, 1.54) is 19.3 Å². The van der Waals surface area contributed by atoms with Crippen molar-refractivity contribution in [1.29, 1.82) is 0 Å². The van der Waals surface area contributed by atoms with Crippen LogP contribution >= 0.6 is 0 Å². The summed E-state index contributed by atoms with van der Waals surface area (Å²) in [7, 11) is 0. The second-order valence-electron chi connectivity index (χ2n) is 6.66. The predicted molar refractivity (Wildman–Crippen MR) is 83.2 cm³/mol. The monoisotopic (exact) mass is 298 g/mol. The van der Waals surface area contributed by atoms with Crippen LogP contribution in [0.5, 0.6) is 0 Å². The molecule has 21 heavy (non-hydrogen) atoms. The van der Waals surface area contributed by atoms with Gasteiger partial charge in [-0.15, -0.1) is 0 Å². The van der Waals surface area contributed by atoms with Gasteiger partial charge in [0.05, 0.1) is 5.92 Å². The standard InChI is InChI=1S/C16H30N2O3/c1-12(2)8-6-4-5-7-9-17-16(21)18-10-13(3)14(11-18)15(19)20/h12-14H,4-11H2,1-3H3,(H,17,21)(H,19,20). The van der Waals surface area contributed by atoms with E-state index in [0.717, 1.165) is 18.8 Å². The van der Waals surface area contributed by atoms with E-state index in [9.17, 15) is 9.59 Å². The maximum absolute atomic E-state index is 12.0. The molecule has 1 saturated heterocycles. The van der Waals surface area contributed by atoms with Gasteiger partial charge in [0.1, 0.15) is 0 Å². The molecule has 0 radical (unpaired) electrons. The molecule has 2 N–H and O–H groups in total. The molecule has 0 aromatic heterocycles. The third kappa shape index (κ3) is 6.36. The zero-order chi connectivity index (χ0) is 15.8. The van der Waals surface area contributed by atoms with Gasteiger partial charge in [-0.05, 0) is 18.3 Å². The van der Waals surface area contributed by atoms with Crippen molar-refractivity contribution < 1.29 is 14.7 Å². The third-order valence-corrected chi connectivity index (χ3v) is 4.20. The SMILES string of the molecule is CC(C)CCCCCCNC(=O)N1CC(C)C(C(=O)O)C1. The second-order valence-corrected chi connectivity index (χ2v) is 6.66. The van der Waals surface area contributed by atoms with Gasteiger partial charge in [0.15, 0.2) is 0 Å². The molecule has 0 spiro atoms. The van der Waals surface area contributed by atoms with Gasteiger partial charge in [-0.1, -0.05) is 46.5 Å². The van der Waals surface area contributed by atoms with Crippen LogP contribution in [0.3, 0.4) is 0 Å². The highest BCUT2D eigenvalue weighted by molar-refractivity contribution is 5.77. The molecule has 2 amide bonds. The molecular formula is C16H30N2O3. The second kappa shape index (κ2) is 8.90. The molecular weight excluding hydrogens is 268 g/mol. The molecule has 0 aromatic rings. The Morgan fingerprint density at radius 2 is 1.86 bits per heavy atom. The topological polar surface area (TPSA) is 69.6 Å². The number of nitrogens with zero attached hydrogens (tertiary/aromatic N) is 1. The Morgan fingerprint density at radius 3 is 2.43 bits per heavy atom. The molecule has 5 heteroatoms. The molecule has 2 atom stereocenters. The predicted octanol–water partition coefficient (Wildman–Crippen LogP) is 2.96. The summed E-state index contributed by atoms with van der Waals surface area (Å²) < 4.78 is 0. The highest BCUT2D eigenvalue weighted by atomic mass is 16.4. The molecule has 1 rings (SSSR count). The van der Waals surface area contributed by atoms with Gasteiger partial charge >= 0.3 is 12.0 Å². The molecule has 0 saturated carbocycles. The van der Waals surface area contributed by atoms with Crippen LogP contribution in [0.4, 0.5) is 4.79 Å². The Kier molecular flexibility index (Phi) is 7.54. The molecule has 0 aliphatic carbocycles. The Bertz CT molecular complexity index is 344. The van der Waals surface area contributed by atoms with Crippen molar-refractivity contribution in [2.24, 2.45) is 17.8 Å². The molecule has 0 bridgehead atoms. The molecule has 122 valence electrons. The quantitative estimate of drug-likeness (QED) is 0.677. The van der Waals surface area contributed by atoms with Crippen LogP contribution in [0, 0.1) is 17.8 Å². The Balaban J connectivity index is 2.11. The van der Waals surface area contributed by atoms with Crippen LogP contribution in [-0.2, 0) is 4.79 Å². The summed E-state index contributed by atoms with van der Waals surface area (Å²) in [6.45, 7) is 7.92. The number of hydrogen-bond donors (Lipinski definition) is 2. The van der Waals surface area contributed by atoms with Crippen molar-refractivity contribution in [2.45, 2.75) is 52.9 Å². The third-order valence-electron chi connectivity index (χ3n) is 4.20. The van der Waals surface area contributed by atoms with Crippen LogP contribution in [0.15, 0.2) is 0 Å². The number of rotatable bonds is 8. The highest BCUT2D eigenvalue weighted by Crippen LogP contribution is 2.22. The van der Waals surface area contributed by atoms with Crippen LogP contribution < -0.4 is 5.32 Å². The maximum Gasteiger partial charge on any atom is 0.317 e. The highest BCUT2D eigenvalue weighted by Gasteiger charge is 2.36. The van der Waals surface area contributed by atoms with E-state index in [2.05, 4.69) is 19.2 Å². The van der Waals surface area contributed by atoms with Gasteiger partial charge in [0.2, 0.25) is 0 Å². The molecule has 1 aliphatic heterocycles. The van der Waals surface area contributed by atoms with Gasteiger partial charge in [-0.2, -0.15) is 0 Å². The fourth-order valence-corrected chi connectivity index (χ4v) is 2.79. The minimum Gasteiger partial charge on any atom is -0.481 e. The van der Waals surface area contributed by atoms with E-state index < -0.39 is 11.9 Å². The number of carboxylic acids is 1. The zero-order valence-electron chi connectivity index (χ0n) is 13.6. The van der Waals surface area contributed by atoms with E-state index in [4.69, 9.17) is 5.11 Å². The van der Waals surface area contributed by atoms with Crippen LogP contribution in [0.2, 0.25) is 0 Å². The number of urea groups is 1. The zero-order valence-corrected chi connectivity index (χ0v) is 13.6. The lowest BCUT2D eigenvalue weighted by atomic mass is 9.99. The number of hydrogen-bond acceptors (Lipinski definition) is 2. The molecule has 0 aromatic carbocycles. The number of likely N-dealkylation sites (tertiary alicyclic amines) is 1. The van der Waals surface area contributed by atoms with Crippen molar-refractivity contribution in [2.75, 3.05) is 19.6 Å². The van der Waals surface area contributed by atoms with Gasteiger partial charge in [-0.25, -0.2) is 4.79 Å². The maximum atomic E-state index is 12.0. The summed E-state index contributed by atoms with van der Waals surface area (Å²) in [6.07, 6.45) is 5.89. The Hall–Kier alpha value is -1.26. The Morgan fingerprint density at radius 1 is 1.19 bits per heavy atom.